The lowest BCUT2D eigenvalue weighted by Gasteiger charge is -2.15. The third-order valence-corrected chi connectivity index (χ3v) is 3.91. The molecule has 0 radical (unpaired) electrons. The van der Waals surface area contributed by atoms with E-state index in [1.807, 2.05) is 16.9 Å². The van der Waals surface area contributed by atoms with E-state index in [0.29, 0.717) is 17.9 Å². The minimum Gasteiger partial charge on any atom is -0.391 e. The van der Waals surface area contributed by atoms with Crippen LogP contribution in [-0.2, 0) is 6.54 Å². The first kappa shape index (κ1) is 13.8. The third-order valence-electron chi connectivity index (χ3n) is 3.91. The van der Waals surface area contributed by atoms with Gasteiger partial charge in [0.2, 0.25) is 0 Å². The zero-order chi connectivity index (χ0) is 14.8. The van der Waals surface area contributed by atoms with Crippen LogP contribution in [0.2, 0.25) is 0 Å². The molecule has 1 amide bonds. The highest BCUT2D eigenvalue weighted by atomic mass is 16.5. The van der Waals surface area contributed by atoms with Gasteiger partial charge in [-0.3, -0.25) is 9.48 Å². The molecular formula is C14H18N4O3. The molecule has 2 aromatic rings. The van der Waals surface area contributed by atoms with Gasteiger partial charge in [0.1, 0.15) is 6.26 Å². The lowest BCUT2D eigenvalue weighted by molar-refractivity contribution is 0.0863. The van der Waals surface area contributed by atoms with Crippen molar-refractivity contribution in [3.8, 4) is 0 Å². The van der Waals surface area contributed by atoms with Crippen LogP contribution in [0, 0.1) is 12.8 Å². The van der Waals surface area contributed by atoms with E-state index in [4.69, 9.17) is 4.52 Å². The van der Waals surface area contributed by atoms with Gasteiger partial charge in [0.25, 0.3) is 5.91 Å². The Balaban J connectivity index is 1.59. The molecule has 3 atom stereocenters. The van der Waals surface area contributed by atoms with Crippen LogP contribution in [0.15, 0.2) is 29.2 Å². The second kappa shape index (κ2) is 5.69. The number of amides is 1. The van der Waals surface area contributed by atoms with Crippen molar-refractivity contribution < 1.29 is 14.4 Å². The zero-order valence-electron chi connectivity index (χ0n) is 11.8. The van der Waals surface area contributed by atoms with Gasteiger partial charge in [-0.1, -0.05) is 5.16 Å². The summed E-state index contributed by atoms with van der Waals surface area (Å²) in [7, 11) is 0. The van der Waals surface area contributed by atoms with Crippen molar-refractivity contribution in [3.05, 3.63) is 36.0 Å². The molecule has 1 aliphatic carbocycles. The number of nitrogens with one attached hydrogen (secondary N) is 1. The standard InChI is InChI=1S/C14H18N4O3/c1-9-8-21-17-13(9)14(20)16-11-5-10(6-12(11)19)7-18-4-2-3-15-18/h2-4,8,10-12,19H,5-7H2,1H3,(H,16,20)/t10?,11-,12-/m1/s1. The van der Waals surface area contributed by atoms with Gasteiger partial charge in [-0.15, -0.1) is 0 Å². The molecule has 1 saturated carbocycles. The summed E-state index contributed by atoms with van der Waals surface area (Å²) in [6.45, 7) is 2.51. The second-order valence-electron chi connectivity index (χ2n) is 5.56. The summed E-state index contributed by atoms with van der Waals surface area (Å²) in [6.07, 6.45) is 5.91. The van der Waals surface area contributed by atoms with Gasteiger partial charge in [-0.05, 0) is 31.7 Å². The van der Waals surface area contributed by atoms with Crippen LogP contribution in [0.4, 0.5) is 0 Å². The van der Waals surface area contributed by atoms with Crippen LogP contribution in [0.25, 0.3) is 0 Å². The molecule has 2 aromatic heterocycles. The summed E-state index contributed by atoms with van der Waals surface area (Å²) >= 11 is 0. The van der Waals surface area contributed by atoms with E-state index < -0.39 is 6.10 Å². The summed E-state index contributed by atoms with van der Waals surface area (Å²) in [4.78, 5) is 12.1. The van der Waals surface area contributed by atoms with Gasteiger partial charge in [-0.25, -0.2) is 0 Å². The molecule has 7 heteroatoms. The number of aliphatic hydroxyl groups excluding tert-OH is 1. The molecule has 0 bridgehead atoms. The molecule has 0 spiro atoms. The molecular weight excluding hydrogens is 272 g/mol. The predicted molar refractivity (Wildman–Crippen MR) is 73.5 cm³/mol. The Hall–Kier alpha value is -2.15. The smallest absolute Gasteiger partial charge is 0.274 e. The first-order valence-corrected chi connectivity index (χ1v) is 7.01. The van der Waals surface area contributed by atoms with Gasteiger partial charge in [0.05, 0.1) is 12.1 Å². The van der Waals surface area contributed by atoms with Crippen molar-refractivity contribution in [2.75, 3.05) is 0 Å². The van der Waals surface area contributed by atoms with Gasteiger partial charge in [0.15, 0.2) is 5.69 Å². The Morgan fingerprint density at radius 3 is 3.10 bits per heavy atom. The number of aryl methyl sites for hydroxylation is 1. The highest BCUT2D eigenvalue weighted by Crippen LogP contribution is 2.27. The van der Waals surface area contributed by atoms with E-state index in [0.717, 1.165) is 13.0 Å². The average Bonchev–Trinajstić information content (AvgIpc) is 3.14. The number of aromatic nitrogens is 3. The number of hydrogen-bond acceptors (Lipinski definition) is 5. The number of nitrogens with zero attached hydrogens (tertiary/aromatic N) is 3. The number of aliphatic hydroxyl groups is 1. The predicted octanol–water partition coefficient (Wildman–Crippen LogP) is 0.749. The summed E-state index contributed by atoms with van der Waals surface area (Å²) in [5.41, 5.74) is 0.964. The van der Waals surface area contributed by atoms with Crippen molar-refractivity contribution in [2.24, 2.45) is 5.92 Å². The van der Waals surface area contributed by atoms with E-state index in [-0.39, 0.29) is 17.6 Å². The van der Waals surface area contributed by atoms with Crippen molar-refractivity contribution >= 4 is 5.91 Å². The molecule has 2 heterocycles. The lowest BCUT2D eigenvalue weighted by Crippen LogP contribution is -2.40. The summed E-state index contributed by atoms with van der Waals surface area (Å²) in [6, 6.07) is 1.62. The maximum Gasteiger partial charge on any atom is 0.274 e. The Morgan fingerprint density at radius 1 is 1.57 bits per heavy atom. The van der Waals surface area contributed by atoms with Gasteiger partial charge < -0.3 is 14.9 Å². The van der Waals surface area contributed by atoms with Crippen LogP contribution in [-0.4, -0.2) is 38.1 Å². The van der Waals surface area contributed by atoms with Gasteiger partial charge in [-0.2, -0.15) is 5.10 Å². The average molecular weight is 290 g/mol. The number of rotatable bonds is 4. The monoisotopic (exact) mass is 290 g/mol. The van der Waals surface area contributed by atoms with Crippen molar-refractivity contribution in [1.29, 1.82) is 0 Å². The van der Waals surface area contributed by atoms with Crippen LogP contribution < -0.4 is 5.32 Å². The van der Waals surface area contributed by atoms with Gasteiger partial charge >= 0.3 is 0 Å². The van der Waals surface area contributed by atoms with Crippen molar-refractivity contribution in [2.45, 2.75) is 38.5 Å². The minimum atomic E-state index is -0.540. The van der Waals surface area contributed by atoms with E-state index in [1.165, 1.54) is 6.26 Å². The van der Waals surface area contributed by atoms with Crippen LogP contribution >= 0.6 is 0 Å². The summed E-state index contributed by atoms with van der Waals surface area (Å²) in [5, 5.41) is 20.8. The maximum atomic E-state index is 12.1. The molecule has 3 rings (SSSR count). The van der Waals surface area contributed by atoms with Gasteiger partial charge in [0, 0.05) is 24.5 Å². The minimum absolute atomic E-state index is 0.255. The largest absolute Gasteiger partial charge is 0.391 e. The molecule has 0 aliphatic heterocycles. The SMILES string of the molecule is Cc1conc1C(=O)N[C@@H]1CC(Cn2cccn2)C[C@H]1O. The molecule has 21 heavy (non-hydrogen) atoms. The van der Waals surface area contributed by atoms with E-state index in [1.54, 1.807) is 13.1 Å². The van der Waals surface area contributed by atoms with Crippen LogP contribution in [0.1, 0.15) is 28.9 Å². The fourth-order valence-electron chi connectivity index (χ4n) is 2.84. The first-order valence-electron chi connectivity index (χ1n) is 7.01. The molecule has 0 saturated heterocycles. The van der Waals surface area contributed by atoms with Crippen LogP contribution in [0.3, 0.4) is 0 Å². The second-order valence-corrected chi connectivity index (χ2v) is 5.56. The van der Waals surface area contributed by atoms with E-state index in [9.17, 15) is 9.90 Å². The highest BCUT2D eigenvalue weighted by molar-refractivity contribution is 5.93. The highest BCUT2D eigenvalue weighted by Gasteiger charge is 2.34. The molecule has 1 unspecified atom stereocenters. The Morgan fingerprint density at radius 2 is 2.43 bits per heavy atom. The fourth-order valence-corrected chi connectivity index (χ4v) is 2.84. The molecule has 1 aliphatic rings. The first-order chi connectivity index (χ1) is 10.1. The van der Waals surface area contributed by atoms with Crippen molar-refractivity contribution in [3.63, 3.8) is 0 Å². The lowest BCUT2D eigenvalue weighted by atomic mass is 10.1. The van der Waals surface area contributed by atoms with E-state index in [2.05, 4.69) is 15.6 Å². The summed E-state index contributed by atoms with van der Waals surface area (Å²) in [5.74, 6) is -0.00588. The Kier molecular flexibility index (Phi) is 3.74. The quantitative estimate of drug-likeness (QED) is 0.866. The number of carbonyl (C=O) groups excluding carboxylic acids is 1. The Bertz CT molecular complexity index is 608. The maximum absolute atomic E-state index is 12.1. The molecule has 2 N–H and O–H groups in total. The number of hydrogen-bond donors (Lipinski definition) is 2. The molecule has 0 aromatic carbocycles. The zero-order valence-corrected chi connectivity index (χ0v) is 11.8. The topological polar surface area (TPSA) is 93.2 Å². The normalized spacial score (nSPS) is 25.1. The Labute approximate surface area is 121 Å². The van der Waals surface area contributed by atoms with Crippen LogP contribution in [0.5, 0.6) is 0 Å². The number of carbonyl (C=O) groups is 1. The summed E-state index contributed by atoms with van der Waals surface area (Å²) < 4.78 is 6.61. The molecule has 7 nitrogen and oxygen atoms in total. The van der Waals surface area contributed by atoms with E-state index >= 15 is 0 Å². The molecule has 1 fully saturated rings. The third kappa shape index (κ3) is 2.97. The fraction of sp³-hybridized carbons (Fsp3) is 0.500. The molecule has 112 valence electrons. The van der Waals surface area contributed by atoms with Crippen molar-refractivity contribution in [1.82, 2.24) is 20.3 Å².